The molecular weight excluding hydrogens is 208 g/mol. The minimum Gasteiger partial charge on any atom is -0.466 e. The summed E-state index contributed by atoms with van der Waals surface area (Å²) in [6.45, 7) is 2.41. The van der Waals surface area contributed by atoms with Crippen LogP contribution in [0.15, 0.2) is 0 Å². The molecule has 3 atom stereocenters. The van der Waals surface area contributed by atoms with Crippen molar-refractivity contribution in [2.45, 2.75) is 36.5 Å². The van der Waals surface area contributed by atoms with E-state index < -0.39 is 16.6 Å². The van der Waals surface area contributed by atoms with E-state index in [9.17, 15) is 4.79 Å². The fourth-order valence-electron chi connectivity index (χ4n) is 1.90. The minimum absolute atomic E-state index is 0.139. The zero-order chi connectivity index (χ0) is 10.4. The highest BCUT2D eigenvalue weighted by molar-refractivity contribution is 6.36. The number of methoxy groups -OCH3 is 1. The first-order valence-corrected chi connectivity index (χ1v) is 5.05. The van der Waals surface area contributed by atoms with Gasteiger partial charge in [0.25, 0.3) is 5.06 Å². The zero-order valence-electron chi connectivity index (χ0n) is 8.21. The molecule has 3 unspecified atom stereocenters. The smallest absolute Gasteiger partial charge is 0.357 e. The number of halogens is 1. The van der Waals surface area contributed by atoms with Crippen molar-refractivity contribution in [2.75, 3.05) is 13.7 Å². The van der Waals surface area contributed by atoms with Gasteiger partial charge in [-0.05, 0) is 6.42 Å². The minimum atomic E-state index is -1.30. The van der Waals surface area contributed by atoms with Crippen molar-refractivity contribution in [1.82, 2.24) is 0 Å². The van der Waals surface area contributed by atoms with E-state index in [2.05, 4.69) is 4.74 Å². The molecule has 0 aromatic heterocycles. The van der Waals surface area contributed by atoms with Gasteiger partial charge in [-0.15, -0.1) is 0 Å². The van der Waals surface area contributed by atoms with E-state index in [0.29, 0.717) is 13.0 Å². The van der Waals surface area contributed by atoms with Gasteiger partial charge in [0.15, 0.2) is 5.60 Å². The SMILES string of the molecule is CCC1CC2(CO1)OC2(Cl)C(=O)OC. The largest absolute Gasteiger partial charge is 0.466 e. The molecule has 4 nitrogen and oxygen atoms in total. The third kappa shape index (κ3) is 1.17. The zero-order valence-corrected chi connectivity index (χ0v) is 8.97. The van der Waals surface area contributed by atoms with Crippen molar-refractivity contribution < 1.29 is 19.0 Å². The highest BCUT2D eigenvalue weighted by Crippen LogP contribution is 2.58. The monoisotopic (exact) mass is 220 g/mol. The van der Waals surface area contributed by atoms with Crippen LogP contribution in [0.4, 0.5) is 0 Å². The summed E-state index contributed by atoms with van der Waals surface area (Å²) < 4.78 is 15.3. The van der Waals surface area contributed by atoms with E-state index in [1.165, 1.54) is 7.11 Å². The topological polar surface area (TPSA) is 48.1 Å². The van der Waals surface area contributed by atoms with Gasteiger partial charge in [0, 0.05) is 6.42 Å². The van der Waals surface area contributed by atoms with Crippen LogP contribution in [0, 0.1) is 0 Å². The standard InChI is InChI=1S/C9H13ClO4/c1-3-6-4-8(5-13-6)9(10,14-8)7(11)12-2/h6H,3-5H2,1-2H3. The van der Waals surface area contributed by atoms with Crippen molar-refractivity contribution in [3.8, 4) is 0 Å². The number of ether oxygens (including phenoxy) is 3. The van der Waals surface area contributed by atoms with Crippen LogP contribution in [0.1, 0.15) is 19.8 Å². The van der Waals surface area contributed by atoms with Crippen LogP contribution in [-0.2, 0) is 19.0 Å². The lowest BCUT2D eigenvalue weighted by atomic mass is 10.00. The molecule has 80 valence electrons. The van der Waals surface area contributed by atoms with Crippen LogP contribution in [0.5, 0.6) is 0 Å². The summed E-state index contributed by atoms with van der Waals surface area (Å²) in [6.07, 6.45) is 1.71. The molecule has 14 heavy (non-hydrogen) atoms. The Hall–Kier alpha value is -0.320. The summed E-state index contributed by atoms with van der Waals surface area (Å²) in [6, 6.07) is 0. The summed E-state index contributed by atoms with van der Waals surface area (Å²) in [5, 5.41) is -1.30. The van der Waals surface area contributed by atoms with Crippen LogP contribution in [0.3, 0.4) is 0 Å². The van der Waals surface area contributed by atoms with Crippen molar-refractivity contribution in [2.24, 2.45) is 0 Å². The molecule has 0 N–H and O–H groups in total. The van der Waals surface area contributed by atoms with E-state index in [1.807, 2.05) is 6.92 Å². The second-order valence-electron chi connectivity index (χ2n) is 3.73. The van der Waals surface area contributed by atoms with E-state index in [-0.39, 0.29) is 6.10 Å². The number of esters is 1. The van der Waals surface area contributed by atoms with E-state index in [1.54, 1.807) is 0 Å². The number of epoxide rings is 1. The molecule has 0 bridgehead atoms. The molecule has 0 aromatic rings. The number of alkyl halides is 1. The van der Waals surface area contributed by atoms with Gasteiger partial charge in [-0.25, -0.2) is 4.79 Å². The third-order valence-corrected chi connectivity index (χ3v) is 3.47. The van der Waals surface area contributed by atoms with Gasteiger partial charge in [0.2, 0.25) is 0 Å². The Balaban J connectivity index is 2.06. The Morgan fingerprint density at radius 3 is 2.93 bits per heavy atom. The number of carbonyl (C=O) groups is 1. The summed E-state index contributed by atoms with van der Waals surface area (Å²) in [5.74, 6) is -0.528. The molecule has 2 fully saturated rings. The molecule has 0 aromatic carbocycles. The van der Waals surface area contributed by atoms with Gasteiger partial charge in [0.05, 0.1) is 19.8 Å². The maximum absolute atomic E-state index is 11.3. The maximum atomic E-state index is 11.3. The third-order valence-electron chi connectivity index (χ3n) is 2.89. The lowest BCUT2D eigenvalue weighted by molar-refractivity contribution is -0.143. The number of hydrogen-bond acceptors (Lipinski definition) is 4. The Morgan fingerprint density at radius 1 is 1.71 bits per heavy atom. The molecule has 2 aliphatic rings. The van der Waals surface area contributed by atoms with Crippen LogP contribution >= 0.6 is 11.6 Å². The molecule has 0 saturated carbocycles. The highest BCUT2D eigenvalue weighted by atomic mass is 35.5. The van der Waals surface area contributed by atoms with E-state index >= 15 is 0 Å². The Morgan fingerprint density at radius 2 is 2.43 bits per heavy atom. The fourth-order valence-corrected chi connectivity index (χ4v) is 2.25. The maximum Gasteiger partial charge on any atom is 0.357 e. The van der Waals surface area contributed by atoms with Crippen LogP contribution in [0.25, 0.3) is 0 Å². The fraction of sp³-hybridized carbons (Fsp3) is 0.889. The van der Waals surface area contributed by atoms with Gasteiger partial charge in [-0.1, -0.05) is 18.5 Å². The summed E-state index contributed by atoms with van der Waals surface area (Å²) in [4.78, 5) is 11.3. The van der Waals surface area contributed by atoms with Crippen molar-refractivity contribution in [1.29, 1.82) is 0 Å². The average molecular weight is 221 g/mol. The van der Waals surface area contributed by atoms with Gasteiger partial charge < -0.3 is 14.2 Å². The average Bonchev–Trinajstić information content (AvgIpc) is 2.60. The predicted octanol–water partition coefficient (Wildman–Crippen LogP) is 1.06. The second kappa shape index (κ2) is 3.08. The number of carbonyl (C=O) groups excluding carboxylic acids is 1. The van der Waals surface area contributed by atoms with Crippen LogP contribution < -0.4 is 0 Å². The molecule has 0 aliphatic carbocycles. The van der Waals surface area contributed by atoms with Crippen molar-refractivity contribution in [3.05, 3.63) is 0 Å². The second-order valence-corrected chi connectivity index (χ2v) is 4.26. The Kier molecular flexibility index (Phi) is 2.25. The Labute approximate surface area is 87.5 Å². The molecule has 2 rings (SSSR count). The lowest BCUT2D eigenvalue weighted by Crippen LogP contribution is -2.30. The predicted molar refractivity (Wildman–Crippen MR) is 49.1 cm³/mol. The molecular formula is C9H13ClO4. The quantitative estimate of drug-likeness (QED) is 0.397. The van der Waals surface area contributed by atoms with Crippen molar-refractivity contribution in [3.63, 3.8) is 0 Å². The van der Waals surface area contributed by atoms with Crippen LogP contribution in [-0.4, -0.2) is 36.5 Å². The van der Waals surface area contributed by atoms with Gasteiger partial charge in [-0.2, -0.15) is 0 Å². The summed E-state index contributed by atoms with van der Waals surface area (Å²) >= 11 is 6.00. The van der Waals surface area contributed by atoms with Gasteiger partial charge in [-0.3, -0.25) is 0 Å². The lowest BCUT2D eigenvalue weighted by Gasteiger charge is -2.05. The first-order valence-electron chi connectivity index (χ1n) is 4.67. The molecule has 2 aliphatic heterocycles. The summed E-state index contributed by atoms with van der Waals surface area (Å²) in [7, 11) is 1.30. The summed E-state index contributed by atoms with van der Waals surface area (Å²) in [5.41, 5.74) is -0.637. The van der Waals surface area contributed by atoms with Crippen LogP contribution in [0.2, 0.25) is 0 Å². The van der Waals surface area contributed by atoms with E-state index in [4.69, 9.17) is 21.1 Å². The molecule has 5 heteroatoms. The molecule has 0 radical (unpaired) electrons. The highest BCUT2D eigenvalue weighted by Gasteiger charge is 2.77. The first kappa shape index (κ1) is 10.2. The molecule has 2 heterocycles. The number of rotatable bonds is 2. The van der Waals surface area contributed by atoms with E-state index in [0.717, 1.165) is 6.42 Å². The molecule has 0 amide bonds. The normalized spacial score (nSPS) is 45.5. The Bertz CT molecular complexity index is 270. The van der Waals surface area contributed by atoms with Gasteiger partial charge in [0.1, 0.15) is 0 Å². The van der Waals surface area contributed by atoms with Gasteiger partial charge >= 0.3 is 5.97 Å². The number of hydrogen-bond donors (Lipinski definition) is 0. The van der Waals surface area contributed by atoms with Crippen molar-refractivity contribution >= 4 is 17.6 Å². The molecule has 1 spiro atoms. The first-order chi connectivity index (χ1) is 6.58. The molecule has 2 saturated heterocycles.